The molecule has 0 saturated carbocycles. The van der Waals surface area contributed by atoms with Gasteiger partial charge in [0.2, 0.25) is 0 Å². The van der Waals surface area contributed by atoms with Crippen LogP contribution in [0.3, 0.4) is 0 Å². The molecule has 0 unspecified atom stereocenters. The number of nitrogens with one attached hydrogen (secondary N) is 1. The highest BCUT2D eigenvalue weighted by atomic mass is 19.3. The van der Waals surface area contributed by atoms with Crippen molar-refractivity contribution in [2.75, 3.05) is 5.32 Å². The maximum absolute atomic E-state index is 12.9. The molecule has 0 aliphatic rings. The van der Waals surface area contributed by atoms with Crippen LogP contribution >= 0.6 is 0 Å². The van der Waals surface area contributed by atoms with E-state index in [1.807, 2.05) is 0 Å². The summed E-state index contributed by atoms with van der Waals surface area (Å²) in [5, 5.41) is 0.990. The van der Waals surface area contributed by atoms with Gasteiger partial charge in [-0.3, -0.25) is 4.79 Å². The maximum atomic E-state index is 12.9. The van der Waals surface area contributed by atoms with Crippen LogP contribution < -0.4 is 5.32 Å². The van der Waals surface area contributed by atoms with Crippen molar-refractivity contribution in [3.63, 3.8) is 0 Å². The smallest absolute Gasteiger partial charge is 0.318 e. The SMILES string of the molecule is O=C(Nc1cc(F)cc(F)c1F)C(F)(F)C(F)F. The molecular formula is C9H4F7NO. The molecule has 0 spiro atoms. The summed E-state index contributed by atoms with van der Waals surface area (Å²) in [5.41, 5.74) is -1.29. The van der Waals surface area contributed by atoms with Crippen LogP contribution in [0.25, 0.3) is 0 Å². The Morgan fingerprint density at radius 3 is 2.22 bits per heavy atom. The number of carbonyl (C=O) groups is 1. The molecule has 0 radical (unpaired) electrons. The van der Waals surface area contributed by atoms with Crippen LogP contribution in [-0.4, -0.2) is 18.3 Å². The van der Waals surface area contributed by atoms with E-state index < -0.39 is 41.4 Å². The zero-order chi connectivity index (χ0) is 14.1. The largest absolute Gasteiger partial charge is 0.383 e. The van der Waals surface area contributed by atoms with Crippen molar-refractivity contribution in [2.45, 2.75) is 12.3 Å². The molecular weight excluding hydrogens is 271 g/mol. The second-order valence-corrected chi connectivity index (χ2v) is 3.13. The molecule has 1 aromatic rings. The summed E-state index contributed by atoms with van der Waals surface area (Å²) < 4.78 is 86.7. The van der Waals surface area contributed by atoms with E-state index in [0.717, 1.165) is 5.32 Å². The minimum atomic E-state index is -5.10. The van der Waals surface area contributed by atoms with E-state index in [1.54, 1.807) is 0 Å². The summed E-state index contributed by atoms with van der Waals surface area (Å²) >= 11 is 0. The summed E-state index contributed by atoms with van der Waals surface area (Å²) in [7, 11) is 0. The Morgan fingerprint density at radius 1 is 1.17 bits per heavy atom. The fourth-order valence-corrected chi connectivity index (χ4v) is 0.952. The van der Waals surface area contributed by atoms with E-state index in [0.29, 0.717) is 0 Å². The number of hydrogen-bond donors (Lipinski definition) is 1. The van der Waals surface area contributed by atoms with E-state index in [-0.39, 0.29) is 12.1 Å². The molecule has 0 aliphatic carbocycles. The van der Waals surface area contributed by atoms with E-state index in [2.05, 4.69) is 0 Å². The fraction of sp³-hybridized carbons (Fsp3) is 0.222. The van der Waals surface area contributed by atoms with Crippen molar-refractivity contribution in [1.29, 1.82) is 0 Å². The van der Waals surface area contributed by atoms with Gasteiger partial charge in [-0.2, -0.15) is 8.78 Å². The lowest BCUT2D eigenvalue weighted by Crippen LogP contribution is -2.41. The molecule has 0 aliphatic heterocycles. The van der Waals surface area contributed by atoms with Crippen LogP contribution in [-0.2, 0) is 4.79 Å². The number of alkyl halides is 4. The lowest BCUT2D eigenvalue weighted by Gasteiger charge is -2.15. The van der Waals surface area contributed by atoms with E-state index in [9.17, 15) is 35.5 Å². The van der Waals surface area contributed by atoms with Crippen LogP contribution in [0.2, 0.25) is 0 Å². The van der Waals surface area contributed by atoms with Gasteiger partial charge in [-0.1, -0.05) is 0 Å². The van der Waals surface area contributed by atoms with E-state index >= 15 is 0 Å². The molecule has 2 nitrogen and oxygen atoms in total. The highest BCUT2D eigenvalue weighted by Crippen LogP contribution is 2.26. The molecule has 1 N–H and O–H groups in total. The average Bonchev–Trinajstić information content (AvgIpc) is 2.24. The standard InChI is InChI=1S/C9H4F7NO/c10-3-1-4(11)6(12)5(2-3)17-8(18)9(15,16)7(13)14/h1-2,7H,(H,17,18). The molecule has 0 heterocycles. The third-order valence-electron chi connectivity index (χ3n) is 1.82. The molecule has 100 valence electrons. The molecule has 9 heteroatoms. The van der Waals surface area contributed by atoms with Gasteiger partial charge >= 0.3 is 18.3 Å². The molecule has 0 atom stereocenters. The van der Waals surface area contributed by atoms with Crippen molar-refractivity contribution in [3.05, 3.63) is 29.6 Å². The number of anilines is 1. The number of rotatable bonds is 3. The number of halogens is 7. The van der Waals surface area contributed by atoms with Crippen molar-refractivity contribution in [2.24, 2.45) is 0 Å². The summed E-state index contributed by atoms with van der Waals surface area (Å²) in [4.78, 5) is 10.7. The zero-order valence-electron chi connectivity index (χ0n) is 8.29. The molecule has 0 saturated heterocycles. The lowest BCUT2D eigenvalue weighted by atomic mass is 10.2. The maximum Gasteiger partial charge on any atom is 0.383 e. The second-order valence-electron chi connectivity index (χ2n) is 3.13. The Kier molecular flexibility index (Phi) is 3.82. The van der Waals surface area contributed by atoms with Gasteiger partial charge in [-0.25, -0.2) is 22.0 Å². The predicted molar refractivity (Wildman–Crippen MR) is 45.9 cm³/mol. The summed E-state index contributed by atoms with van der Waals surface area (Å²) in [6, 6.07) is 0.272. The minimum absolute atomic E-state index is 0.0935. The van der Waals surface area contributed by atoms with Gasteiger partial charge in [-0.05, 0) is 0 Å². The first-order valence-electron chi connectivity index (χ1n) is 4.28. The van der Waals surface area contributed by atoms with Crippen LogP contribution in [0.4, 0.5) is 36.4 Å². The van der Waals surface area contributed by atoms with Crippen LogP contribution in [0.5, 0.6) is 0 Å². The van der Waals surface area contributed by atoms with Crippen molar-refractivity contribution in [1.82, 2.24) is 0 Å². The van der Waals surface area contributed by atoms with Gasteiger partial charge in [-0.15, -0.1) is 0 Å². The first-order chi connectivity index (χ1) is 8.16. The third kappa shape index (κ3) is 2.71. The van der Waals surface area contributed by atoms with Crippen molar-refractivity contribution < 1.29 is 35.5 Å². The van der Waals surface area contributed by atoms with Crippen molar-refractivity contribution in [3.8, 4) is 0 Å². The van der Waals surface area contributed by atoms with Gasteiger partial charge in [0.1, 0.15) is 5.82 Å². The predicted octanol–water partition coefficient (Wildman–Crippen LogP) is 2.94. The molecule has 18 heavy (non-hydrogen) atoms. The fourth-order valence-electron chi connectivity index (χ4n) is 0.952. The summed E-state index contributed by atoms with van der Waals surface area (Å²) in [6.07, 6.45) is -4.33. The van der Waals surface area contributed by atoms with Gasteiger partial charge < -0.3 is 5.32 Å². The van der Waals surface area contributed by atoms with Crippen LogP contribution in [0.1, 0.15) is 0 Å². The first kappa shape index (κ1) is 14.3. The molecule has 0 aromatic heterocycles. The Bertz CT molecular complexity index is 474. The number of carbonyl (C=O) groups excluding carboxylic acids is 1. The third-order valence-corrected chi connectivity index (χ3v) is 1.82. The highest BCUT2D eigenvalue weighted by molar-refractivity contribution is 5.96. The highest BCUT2D eigenvalue weighted by Gasteiger charge is 2.49. The summed E-state index contributed by atoms with van der Waals surface area (Å²) in [6.45, 7) is 0. The Labute approximate surface area is 95.4 Å². The molecule has 0 bridgehead atoms. The average molecular weight is 275 g/mol. The Balaban J connectivity index is 3.03. The van der Waals surface area contributed by atoms with E-state index in [1.165, 1.54) is 0 Å². The summed E-state index contributed by atoms with van der Waals surface area (Å²) in [5.74, 6) is -12.6. The van der Waals surface area contributed by atoms with Crippen LogP contribution in [0, 0.1) is 17.5 Å². The lowest BCUT2D eigenvalue weighted by molar-refractivity contribution is -0.163. The molecule has 1 amide bonds. The molecule has 0 fully saturated rings. The number of hydrogen-bond acceptors (Lipinski definition) is 1. The quantitative estimate of drug-likeness (QED) is 0.667. The molecule has 1 rings (SSSR count). The van der Waals surface area contributed by atoms with Crippen LogP contribution in [0.15, 0.2) is 12.1 Å². The Morgan fingerprint density at radius 2 is 1.72 bits per heavy atom. The van der Waals surface area contributed by atoms with Gasteiger partial charge in [0.05, 0.1) is 5.69 Å². The second kappa shape index (κ2) is 4.83. The zero-order valence-corrected chi connectivity index (χ0v) is 8.29. The monoisotopic (exact) mass is 275 g/mol. The normalized spacial score (nSPS) is 11.8. The van der Waals surface area contributed by atoms with Crippen molar-refractivity contribution >= 4 is 11.6 Å². The van der Waals surface area contributed by atoms with Gasteiger partial charge in [0, 0.05) is 12.1 Å². The van der Waals surface area contributed by atoms with Gasteiger partial charge in [0.25, 0.3) is 0 Å². The van der Waals surface area contributed by atoms with Gasteiger partial charge in [0.15, 0.2) is 11.6 Å². The number of benzene rings is 1. The minimum Gasteiger partial charge on any atom is -0.318 e. The number of amides is 1. The topological polar surface area (TPSA) is 29.1 Å². The molecule has 1 aromatic carbocycles. The first-order valence-corrected chi connectivity index (χ1v) is 4.28. The van der Waals surface area contributed by atoms with E-state index in [4.69, 9.17) is 0 Å². The Hall–Kier alpha value is -1.80.